The molecule has 152 valence electrons. The lowest BCUT2D eigenvalue weighted by atomic mass is 9.44. The summed E-state index contributed by atoms with van der Waals surface area (Å²) in [5.41, 5.74) is 4.70. The molecule has 0 amide bonds. The van der Waals surface area contributed by atoms with Gasteiger partial charge in [0.2, 0.25) is 0 Å². The third-order valence-corrected chi connectivity index (χ3v) is 8.73. The van der Waals surface area contributed by atoms with Crippen molar-refractivity contribution in [3.63, 3.8) is 0 Å². The fourth-order valence-corrected chi connectivity index (χ4v) is 7.21. The highest BCUT2D eigenvalue weighted by molar-refractivity contribution is 6.36. The zero-order chi connectivity index (χ0) is 20.4. The molecule has 3 unspecified atom stereocenters. The second-order valence-corrected chi connectivity index (χ2v) is 10.1. The van der Waals surface area contributed by atoms with Gasteiger partial charge in [-0.25, -0.2) is 0 Å². The molecule has 5 rings (SSSR count). The van der Waals surface area contributed by atoms with Crippen molar-refractivity contribution in [2.45, 2.75) is 56.9 Å². The molecule has 1 saturated carbocycles. The summed E-state index contributed by atoms with van der Waals surface area (Å²) in [4.78, 5) is 2.47. The normalized spacial score (nSPS) is 30.4. The van der Waals surface area contributed by atoms with Crippen LogP contribution < -0.4 is 0 Å². The van der Waals surface area contributed by atoms with E-state index in [0.717, 1.165) is 30.5 Å². The van der Waals surface area contributed by atoms with Crippen molar-refractivity contribution in [1.29, 1.82) is 0 Å². The highest BCUT2D eigenvalue weighted by atomic mass is 35.5. The second kappa shape index (κ2) is 6.68. The Balaban J connectivity index is 1.71. The maximum absolute atomic E-state index is 11.1. The first kappa shape index (κ1) is 19.3. The molecule has 1 heterocycles. The van der Waals surface area contributed by atoms with E-state index in [4.69, 9.17) is 23.2 Å². The van der Waals surface area contributed by atoms with Crippen LogP contribution in [0.1, 0.15) is 50.2 Å². The molecule has 2 aromatic rings. The maximum Gasteiger partial charge on any atom is 0.123 e. The molecule has 2 aliphatic carbocycles. The number of hydrogen-bond acceptors (Lipinski definition) is 2. The van der Waals surface area contributed by atoms with E-state index < -0.39 is 0 Å². The van der Waals surface area contributed by atoms with Crippen LogP contribution in [0, 0.1) is 5.41 Å². The van der Waals surface area contributed by atoms with Crippen molar-refractivity contribution in [2.75, 3.05) is 6.54 Å². The van der Waals surface area contributed by atoms with Crippen LogP contribution in [0.2, 0.25) is 10.0 Å². The summed E-state index contributed by atoms with van der Waals surface area (Å²) < 4.78 is 0. The van der Waals surface area contributed by atoms with Gasteiger partial charge in [-0.1, -0.05) is 55.6 Å². The molecule has 2 fully saturated rings. The van der Waals surface area contributed by atoms with Gasteiger partial charge in [0.1, 0.15) is 5.75 Å². The van der Waals surface area contributed by atoms with Crippen molar-refractivity contribution >= 4 is 23.2 Å². The Bertz CT molecular complexity index is 1000. The van der Waals surface area contributed by atoms with Gasteiger partial charge in [0.25, 0.3) is 0 Å². The summed E-state index contributed by atoms with van der Waals surface area (Å²) in [6.45, 7) is 7.64. The van der Waals surface area contributed by atoms with Crippen LogP contribution in [-0.4, -0.2) is 22.6 Å². The van der Waals surface area contributed by atoms with Crippen molar-refractivity contribution in [1.82, 2.24) is 4.90 Å². The topological polar surface area (TPSA) is 23.5 Å². The third-order valence-electron chi connectivity index (χ3n) is 8.18. The molecule has 2 bridgehead atoms. The van der Waals surface area contributed by atoms with Crippen LogP contribution in [0.15, 0.2) is 43.1 Å². The van der Waals surface area contributed by atoms with Crippen LogP contribution in [0.3, 0.4) is 0 Å². The number of benzene rings is 2. The summed E-state index contributed by atoms with van der Waals surface area (Å²) in [6, 6.07) is 10.2. The Morgan fingerprint density at radius 2 is 1.90 bits per heavy atom. The molecule has 4 heteroatoms. The number of piperidine rings is 1. The zero-order valence-electron chi connectivity index (χ0n) is 16.8. The Kier molecular flexibility index (Phi) is 4.46. The lowest BCUT2D eigenvalue weighted by Gasteiger charge is -2.65. The van der Waals surface area contributed by atoms with Gasteiger partial charge >= 0.3 is 0 Å². The quantitative estimate of drug-likeness (QED) is 0.559. The van der Waals surface area contributed by atoms with Gasteiger partial charge in [-0.15, -0.1) is 0 Å². The monoisotopic (exact) mass is 427 g/mol. The first-order valence-corrected chi connectivity index (χ1v) is 11.4. The third kappa shape index (κ3) is 2.61. The van der Waals surface area contributed by atoms with E-state index in [1.165, 1.54) is 36.8 Å². The van der Waals surface area contributed by atoms with Gasteiger partial charge in [-0.3, -0.25) is 0 Å². The summed E-state index contributed by atoms with van der Waals surface area (Å²) in [5.74, 6) is 0.319. The Morgan fingerprint density at radius 3 is 2.66 bits per heavy atom. The molecule has 29 heavy (non-hydrogen) atoms. The van der Waals surface area contributed by atoms with Crippen molar-refractivity contribution in [3.05, 3.63) is 64.3 Å². The van der Waals surface area contributed by atoms with Gasteiger partial charge in [0, 0.05) is 34.2 Å². The number of phenols is 1. The first-order valence-electron chi connectivity index (χ1n) is 10.6. The SMILES string of the molecule is C=CN1CCC23CCCCC2(C)C1Cc1cc(-c2ccc(Cl)cc2Cl)c(O)cc13. The van der Waals surface area contributed by atoms with Crippen molar-refractivity contribution < 1.29 is 5.11 Å². The predicted molar refractivity (Wildman–Crippen MR) is 121 cm³/mol. The fourth-order valence-electron chi connectivity index (χ4n) is 6.70. The minimum absolute atomic E-state index is 0.142. The number of nitrogens with zero attached hydrogens (tertiary/aromatic N) is 1. The molecule has 0 spiro atoms. The van der Waals surface area contributed by atoms with E-state index in [0.29, 0.717) is 21.8 Å². The molecule has 1 N–H and O–H groups in total. The van der Waals surface area contributed by atoms with Crippen LogP contribution in [0.5, 0.6) is 5.75 Å². The highest BCUT2D eigenvalue weighted by Gasteiger charge is 2.60. The second-order valence-electron chi connectivity index (χ2n) is 9.25. The van der Waals surface area contributed by atoms with Crippen LogP contribution in [0.4, 0.5) is 0 Å². The van der Waals surface area contributed by atoms with Crippen molar-refractivity contribution in [2.24, 2.45) is 5.41 Å². The minimum atomic E-state index is 0.142. The number of fused-ring (bicyclic) bond motifs is 1. The average molecular weight is 428 g/mol. The average Bonchev–Trinajstić information content (AvgIpc) is 2.69. The largest absolute Gasteiger partial charge is 0.507 e. The Morgan fingerprint density at radius 1 is 1.10 bits per heavy atom. The van der Waals surface area contributed by atoms with E-state index in [9.17, 15) is 5.11 Å². The van der Waals surface area contributed by atoms with E-state index in [2.05, 4.69) is 30.5 Å². The predicted octanol–water partition coefficient (Wildman–Crippen LogP) is 6.96. The molecule has 2 aromatic carbocycles. The molecule has 1 saturated heterocycles. The van der Waals surface area contributed by atoms with Gasteiger partial charge < -0.3 is 10.0 Å². The number of phenolic OH excluding ortho intramolecular Hbond substituents is 1. The van der Waals surface area contributed by atoms with Crippen molar-refractivity contribution in [3.8, 4) is 16.9 Å². The van der Waals surface area contributed by atoms with E-state index in [1.54, 1.807) is 6.07 Å². The molecular formula is C25H27Cl2NO. The molecular weight excluding hydrogens is 401 g/mol. The summed E-state index contributed by atoms with van der Waals surface area (Å²) >= 11 is 12.6. The molecule has 2 nitrogen and oxygen atoms in total. The van der Waals surface area contributed by atoms with Gasteiger partial charge in [-0.2, -0.15) is 0 Å². The number of likely N-dealkylation sites (tertiary alicyclic amines) is 1. The molecule has 0 radical (unpaired) electrons. The number of hydrogen-bond donors (Lipinski definition) is 1. The molecule has 1 aliphatic heterocycles. The highest BCUT2D eigenvalue weighted by Crippen LogP contribution is 2.63. The first-order chi connectivity index (χ1) is 13.9. The smallest absolute Gasteiger partial charge is 0.123 e. The zero-order valence-corrected chi connectivity index (χ0v) is 18.4. The van der Waals surface area contributed by atoms with Gasteiger partial charge in [0.05, 0.1) is 5.02 Å². The molecule has 0 aromatic heterocycles. The van der Waals surface area contributed by atoms with Crippen LogP contribution >= 0.6 is 23.2 Å². The maximum atomic E-state index is 11.1. The van der Waals surface area contributed by atoms with E-state index in [1.807, 2.05) is 18.3 Å². The minimum Gasteiger partial charge on any atom is -0.507 e. The Labute approximate surface area is 183 Å². The van der Waals surface area contributed by atoms with Crippen LogP contribution in [0.25, 0.3) is 11.1 Å². The Hall–Kier alpha value is -1.64. The number of aromatic hydroxyl groups is 1. The van der Waals surface area contributed by atoms with Crippen LogP contribution in [-0.2, 0) is 11.8 Å². The lowest BCUT2D eigenvalue weighted by molar-refractivity contribution is -0.0652. The van der Waals surface area contributed by atoms with Gasteiger partial charge in [-0.05, 0) is 72.7 Å². The molecule has 3 atom stereocenters. The lowest BCUT2D eigenvalue weighted by Crippen LogP contribution is -2.65. The molecule has 3 aliphatic rings. The fraction of sp³-hybridized carbons (Fsp3) is 0.440. The summed E-state index contributed by atoms with van der Waals surface area (Å²) in [6.07, 6.45) is 9.15. The summed E-state index contributed by atoms with van der Waals surface area (Å²) in [7, 11) is 0. The van der Waals surface area contributed by atoms with Gasteiger partial charge in [0.15, 0.2) is 0 Å². The number of rotatable bonds is 2. The summed E-state index contributed by atoms with van der Waals surface area (Å²) in [5, 5.41) is 12.2. The standard InChI is InChI=1S/C25H27Cl2NO/c1-3-28-11-10-25-9-5-4-8-24(25,2)23(28)13-16-12-19(22(29)15-20(16)25)18-7-6-17(26)14-21(18)27/h3,6-7,12,14-15,23,29H,1,4-5,8-11,13H2,2H3. The van der Waals surface area contributed by atoms with E-state index >= 15 is 0 Å². The number of halogens is 2. The van der Waals surface area contributed by atoms with E-state index in [-0.39, 0.29) is 10.8 Å².